The molecule has 116 valence electrons. The normalized spacial score (nSPS) is 18.3. The third-order valence-corrected chi connectivity index (χ3v) is 3.95. The van der Waals surface area contributed by atoms with Crippen LogP contribution in [0.5, 0.6) is 0 Å². The predicted octanol–water partition coefficient (Wildman–Crippen LogP) is 1.22. The van der Waals surface area contributed by atoms with Crippen LogP contribution in [0, 0.1) is 0 Å². The Morgan fingerprint density at radius 2 is 2.27 bits per heavy atom. The summed E-state index contributed by atoms with van der Waals surface area (Å²) in [6.07, 6.45) is 6.93. The highest BCUT2D eigenvalue weighted by atomic mass is 16.2. The number of likely N-dealkylation sites (tertiary alicyclic amines) is 1. The van der Waals surface area contributed by atoms with Crippen molar-refractivity contribution in [3.05, 3.63) is 36.5 Å². The van der Waals surface area contributed by atoms with Crippen molar-refractivity contribution in [1.29, 1.82) is 0 Å². The van der Waals surface area contributed by atoms with E-state index in [9.17, 15) is 4.79 Å². The minimum absolute atomic E-state index is 0.0512. The summed E-state index contributed by atoms with van der Waals surface area (Å²) in [5.74, 6) is 0.839. The second-order valence-corrected chi connectivity index (χ2v) is 5.72. The standard InChI is InChI=1S/C15H20N6O/c1-19(2)14-8-12(5-6-17-14)15(22)20-7-3-4-13(9-20)21-11-16-10-18-21/h5-6,8,10-11,13H,3-4,7,9H2,1-2H3. The van der Waals surface area contributed by atoms with Crippen molar-refractivity contribution in [1.82, 2.24) is 24.6 Å². The monoisotopic (exact) mass is 300 g/mol. The molecule has 0 aliphatic carbocycles. The van der Waals surface area contributed by atoms with Gasteiger partial charge in [-0.15, -0.1) is 0 Å². The van der Waals surface area contributed by atoms with Gasteiger partial charge in [-0.25, -0.2) is 14.6 Å². The van der Waals surface area contributed by atoms with Gasteiger partial charge in [-0.3, -0.25) is 4.79 Å². The molecule has 2 aromatic rings. The van der Waals surface area contributed by atoms with Crippen LogP contribution in [0.25, 0.3) is 0 Å². The number of hydrogen-bond acceptors (Lipinski definition) is 5. The average Bonchev–Trinajstić information content (AvgIpc) is 3.09. The van der Waals surface area contributed by atoms with Crippen LogP contribution in [-0.4, -0.2) is 57.7 Å². The van der Waals surface area contributed by atoms with Crippen molar-refractivity contribution in [2.24, 2.45) is 0 Å². The van der Waals surface area contributed by atoms with E-state index >= 15 is 0 Å². The van der Waals surface area contributed by atoms with Gasteiger partial charge < -0.3 is 9.80 Å². The number of carbonyl (C=O) groups is 1. The Balaban J connectivity index is 1.75. The molecule has 22 heavy (non-hydrogen) atoms. The molecule has 1 aliphatic heterocycles. The molecule has 1 aliphatic rings. The molecule has 1 fully saturated rings. The fourth-order valence-electron chi connectivity index (χ4n) is 2.74. The maximum Gasteiger partial charge on any atom is 0.254 e. The molecule has 3 rings (SSSR count). The predicted molar refractivity (Wildman–Crippen MR) is 82.8 cm³/mol. The molecular weight excluding hydrogens is 280 g/mol. The van der Waals surface area contributed by atoms with Crippen molar-refractivity contribution >= 4 is 11.7 Å². The third-order valence-electron chi connectivity index (χ3n) is 3.95. The first-order chi connectivity index (χ1) is 10.6. The van der Waals surface area contributed by atoms with Crippen LogP contribution in [0.2, 0.25) is 0 Å². The lowest BCUT2D eigenvalue weighted by molar-refractivity contribution is 0.0672. The number of carbonyl (C=O) groups excluding carboxylic acids is 1. The first-order valence-corrected chi connectivity index (χ1v) is 7.42. The second kappa shape index (κ2) is 6.13. The summed E-state index contributed by atoms with van der Waals surface area (Å²) < 4.78 is 1.84. The van der Waals surface area contributed by atoms with Gasteiger partial charge in [0, 0.05) is 38.9 Å². The average molecular weight is 300 g/mol. The van der Waals surface area contributed by atoms with Gasteiger partial charge in [-0.1, -0.05) is 0 Å². The number of pyridine rings is 1. The number of rotatable bonds is 3. The van der Waals surface area contributed by atoms with Crippen molar-refractivity contribution in [3.63, 3.8) is 0 Å². The summed E-state index contributed by atoms with van der Waals surface area (Å²) in [6, 6.07) is 3.81. The Labute approximate surface area is 129 Å². The number of nitrogens with zero attached hydrogens (tertiary/aromatic N) is 6. The zero-order valence-electron chi connectivity index (χ0n) is 12.9. The number of amides is 1. The van der Waals surface area contributed by atoms with E-state index < -0.39 is 0 Å². The molecule has 7 heteroatoms. The van der Waals surface area contributed by atoms with Crippen LogP contribution in [0.3, 0.4) is 0 Å². The van der Waals surface area contributed by atoms with Gasteiger partial charge in [0.05, 0.1) is 6.04 Å². The van der Waals surface area contributed by atoms with E-state index in [1.807, 2.05) is 34.6 Å². The molecule has 0 N–H and O–H groups in total. The molecule has 1 atom stereocenters. The molecule has 0 spiro atoms. The zero-order valence-corrected chi connectivity index (χ0v) is 12.9. The first-order valence-electron chi connectivity index (χ1n) is 7.42. The van der Waals surface area contributed by atoms with E-state index in [-0.39, 0.29) is 11.9 Å². The highest BCUT2D eigenvalue weighted by molar-refractivity contribution is 5.94. The van der Waals surface area contributed by atoms with Gasteiger partial charge in [0.1, 0.15) is 18.5 Å². The molecule has 2 aromatic heterocycles. The number of piperidine rings is 1. The lowest BCUT2D eigenvalue weighted by Crippen LogP contribution is -2.40. The van der Waals surface area contributed by atoms with Crippen molar-refractivity contribution < 1.29 is 4.79 Å². The summed E-state index contributed by atoms with van der Waals surface area (Å²) in [4.78, 5) is 24.8. The lowest BCUT2D eigenvalue weighted by atomic mass is 10.0. The molecule has 0 radical (unpaired) electrons. The Kier molecular flexibility index (Phi) is 4.04. The highest BCUT2D eigenvalue weighted by Crippen LogP contribution is 2.22. The van der Waals surface area contributed by atoms with E-state index in [1.54, 1.807) is 18.6 Å². The summed E-state index contributed by atoms with van der Waals surface area (Å²) in [6.45, 7) is 1.45. The van der Waals surface area contributed by atoms with Gasteiger partial charge in [0.15, 0.2) is 0 Å². The highest BCUT2D eigenvalue weighted by Gasteiger charge is 2.26. The van der Waals surface area contributed by atoms with E-state index in [1.165, 1.54) is 6.33 Å². The Morgan fingerprint density at radius 3 is 3.00 bits per heavy atom. The quantitative estimate of drug-likeness (QED) is 0.852. The van der Waals surface area contributed by atoms with Crippen LogP contribution >= 0.6 is 0 Å². The molecule has 0 aromatic carbocycles. The topological polar surface area (TPSA) is 67.2 Å². The summed E-state index contributed by atoms with van der Waals surface area (Å²) in [7, 11) is 3.83. The van der Waals surface area contributed by atoms with Crippen LogP contribution in [0.15, 0.2) is 31.0 Å². The maximum absolute atomic E-state index is 12.7. The maximum atomic E-state index is 12.7. The fraction of sp³-hybridized carbons (Fsp3) is 0.467. The largest absolute Gasteiger partial charge is 0.363 e. The van der Waals surface area contributed by atoms with Gasteiger partial charge >= 0.3 is 0 Å². The Morgan fingerprint density at radius 1 is 1.41 bits per heavy atom. The zero-order chi connectivity index (χ0) is 15.5. The van der Waals surface area contributed by atoms with Crippen LogP contribution < -0.4 is 4.90 Å². The second-order valence-electron chi connectivity index (χ2n) is 5.72. The molecule has 7 nitrogen and oxygen atoms in total. The van der Waals surface area contributed by atoms with E-state index in [2.05, 4.69) is 15.1 Å². The van der Waals surface area contributed by atoms with Crippen LogP contribution in [0.1, 0.15) is 29.2 Å². The van der Waals surface area contributed by atoms with E-state index in [4.69, 9.17) is 0 Å². The molecule has 1 unspecified atom stereocenters. The SMILES string of the molecule is CN(C)c1cc(C(=O)N2CCCC(n3cncn3)C2)ccn1. The molecule has 3 heterocycles. The van der Waals surface area contributed by atoms with Gasteiger partial charge in [0.2, 0.25) is 0 Å². The van der Waals surface area contributed by atoms with Gasteiger partial charge in [0.25, 0.3) is 5.91 Å². The fourth-order valence-corrected chi connectivity index (χ4v) is 2.74. The molecular formula is C15H20N6O. The molecule has 1 saturated heterocycles. The van der Waals surface area contributed by atoms with Gasteiger partial charge in [-0.05, 0) is 25.0 Å². The van der Waals surface area contributed by atoms with Crippen molar-refractivity contribution in [3.8, 4) is 0 Å². The number of hydrogen-bond donors (Lipinski definition) is 0. The number of anilines is 1. The minimum atomic E-state index is 0.0512. The van der Waals surface area contributed by atoms with E-state index in [0.29, 0.717) is 12.1 Å². The Hall–Kier alpha value is -2.44. The first kappa shape index (κ1) is 14.5. The summed E-state index contributed by atoms with van der Waals surface area (Å²) in [5.41, 5.74) is 0.679. The minimum Gasteiger partial charge on any atom is -0.363 e. The smallest absolute Gasteiger partial charge is 0.254 e. The third kappa shape index (κ3) is 2.93. The van der Waals surface area contributed by atoms with E-state index in [0.717, 1.165) is 25.2 Å². The molecule has 0 bridgehead atoms. The van der Waals surface area contributed by atoms with Gasteiger partial charge in [-0.2, -0.15) is 5.10 Å². The summed E-state index contributed by atoms with van der Waals surface area (Å²) >= 11 is 0. The van der Waals surface area contributed by atoms with Crippen LogP contribution in [-0.2, 0) is 0 Å². The molecule has 0 saturated carbocycles. The summed E-state index contributed by atoms with van der Waals surface area (Å²) in [5, 5.41) is 4.19. The van der Waals surface area contributed by atoms with Crippen LogP contribution in [0.4, 0.5) is 5.82 Å². The lowest BCUT2D eigenvalue weighted by Gasteiger charge is -2.32. The Bertz CT molecular complexity index is 639. The van der Waals surface area contributed by atoms with Crippen molar-refractivity contribution in [2.45, 2.75) is 18.9 Å². The van der Waals surface area contributed by atoms with Crippen molar-refractivity contribution in [2.75, 3.05) is 32.1 Å². The molecule has 1 amide bonds. The number of aromatic nitrogens is 4.